The molecule has 0 atom stereocenters. The van der Waals surface area contributed by atoms with Crippen LogP contribution >= 0.6 is 11.6 Å². The minimum atomic E-state index is -0.553. The number of nitrogens with zero attached hydrogens (tertiary/aromatic N) is 2. The van der Waals surface area contributed by atoms with E-state index in [1.165, 1.54) is 18.3 Å². The van der Waals surface area contributed by atoms with Crippen molar-refractivity contribution in [1.29, 1.82) is 0 Å². The molecule has 0 bridgehead atoms. The van der Waals surface area contributed by atoms with Crippen LogP contribution in [0.4, 0.5) is 5.69 Å². The quantitative estimate of drug-likeness (QED) is 0.677. The van der Waals surface area contributed by atoms with Gasteiger partial charge in [-0.25, -0.2) is 0 Å². The van der Waals surface area contributed by atoms with E-state index >= 15 is 0 Å². The minimum absolute atomic E-state index is 0.0979. The van der Waals surface area contributed by atoms with E-state index in [1.807, 2.05) is 0 Å². The van der Waals surface area contributed by atoms with E-state index in [9.17, 15) is 10.1 Å². The Labute approximate surface area is 119 Å². The molecule has 7 heteroatoms. The third-order valence-corrected chi connectivity index (χ3v) is 2.98. The Morgan fingerprint density at radius 3 is 2.85 bits per heavy atom. The van der Waals surface area contributed by atoms with Crippen molar-refractivity contribution in [3.05, 3.63) is 62.9 Å². The molecule has 1 heterocycles. The lowest BCUT2D eigenvalue weighted by Gasteiger charge is -2.08. The van der Waals surface area contributed by atoms with Crippen LogP contribution in [0.1, 0.15) is 11.1 Å². The molecule has 20 heavy (non-hydrogen) atoms. The molecule has 2 aromatic rings. The lowest BCUT2D eigenvalue weighted by Crippen LogP contribution is -2.00. The molecule has 0 saturated carbocycles. The molecule has 6 nitrogen and oxygen atoms in total. The average Bonchev–Trinajstić information content (AvgIpc) is 2.46. The number of hydrogen-bond donors (Lipinski definition) is 1. The first-order valence-corrected chi connectivity index (χ1v) is 6.09. The van der Waals surface area contributed by atoms with E-state index in [1.54, 1.807) is 18.3 Å². The van der Waals surface area contributed by atoms with Crippen LogP contribution in [0.5, 0.6) is 5.75 Å². The maximum atomic E-state index is 11.0. The molecule has 0 aliphatic heterocycles. The van der Waals surface area contributed by atoms with Crippen LogP contribution in [-0.4, -0.2) is 15.0 Å². The SMILES string of the molecule is O=[N+]([O-])c1cc(CO)ccc1OCc1ccncc1Cl. The summed E-state index contributed by atoms with van der Waals surface area (Å²) in [6.45, 7) is -0.169. The molecule has 1 aromatic carbocycles. The van der Waals surface area contributed by atoms with Crippen molar-refractivity contribution in [2.45, 2.75) is 13.2 Å². The normalized spacial score (nSPS) is 10.3. The summed E-state index contributed by atoms with van der Waals surface area (Å²) >= 11 is 5.93. The summed E-state index contributed by atoms with van der Waals surface area (Å²) in [4.78, 5) is 14.3. The predicted octanol–water partition coefficient (Wildman–Crippen LogP) is 2.71. The molecule has 2 rings (SSSR count). The van der Waals surface area contributed by atoms with Gasteiger partial charge >= 0.3 is 5.69 Å². The minimum Gasteiger partial charge on any atom is -0.482 e. The number of halogens is 1. The molecular formula is C13H11ClN2O4. The zero-order chi connectivity index (χ0) is 14.5. The Morgan fingerprint density at radius 2 is 2.20 bits per heavy atom. The number of aromatic nitrogens is 1. The van der Waals surface area contributed by atoms with Gasteiger partial charge in [-0.1, -0.05) is 17.7 Å². The van der Waals surface area contributed by atoms with Crippen molar-refractivity contribution in [3.63, 3.8) is 0 Å². The second-order valence-corrected chi connectivity index (χ2v) is 4.38. The third-order valence-electron chi connectivity index (χ3n) is 2.64. The van der Waals surface area contributed by atoms with E-state index in [0.29, 0.717) is 16.1 Å². The van der Waals surface area contributed by atoms with Crippen LogP contribution in [0.25, 0.3) is 0 Å². The van der Waals surface area contributed by atoms with Crippen molar-refractivity contribution in [2.24, 2.45) is 0 Å². The molecular weight excluding hydrogens is 284 g/mol. The number of aliphatic hydroxyl groups excluding tert-OH is 1. The maximum Gasteiger partial charge on any atom is 0.311 e. The Kier molecular flexibility index (Phi) is 4.49. The fraction of sp³-hybridized carbons (Fsp3) is 0.154. The Morgan fingerprint density at radius 1 is 1.40 bits per heavy atom. The second-order valence-electron chi connectivity index (χ2n) is 3.97. The summed E-state index contributed by atoms with van der Waals surface area (Å²) in [5.41, 5.74) is 0.940. The van der Waals surface area contributed by atoms with Crippen molar-refractivity contribution >= 4 is 17.3 Å². The Bertz CT molecular complexity index is 634. The summed E-state index contributed by atoms with van der Waals surface area (Å²) in [5, 5.41) is 20.4. The van der Waals surface area contributed by atoms with Gasteiger partial charge in [0.05, 0.1) is 16.6 Å². The summed E-state index contributed by atoms with van der Waals surface area (Å²) in [6, 6.07) is 5.98. The van der Waals surface area contributed by atoms with E-state index in [4.69, 9.17) is 21.4 Å². The average molecular weight is 295 g/mol. The highest BCUT2D eigenvalue weighted by molar-refractivity contribution is 6.31. The van der Waals surface area contributed by atoms with Gasteiger partial charge in [-0.05, 0) is 17.7 Å². The van der Waals surface area contributed by atoms with Crippen LogP contribution in [-0.2, 0) is 13.2 Å². The van der Waals surface area contributed by atoms with Gasteiger partial charge in [0.2, 0.25) is 0 Å². The highest BCUT2D eigenvalue weighted by Gasteiger charge is 2.16. The van der Waals surface area contributed by atoms with Crippen molar-refractivity contribution in [2.75, 3.05) is 0 Å². The summed E-state index contributed by atoms with van der Waals surface area (Å²) < 4.78 is 5.43. The van der Waals surface area contributed by atoms with Crippen LogP contribution < -0.4 is 4.74 Å². The summed E-state index contributed by atoms with van der Waals surface area (Å²) in [5.74, 6) is 0.125. The molecule has 104 valence electrons. The summed E-state index contributed by atoms with van der Waals surface area (Å²) in [7, 11) is 0. The molecule has 0 amide bonds. The van der Waals surface area contributed by atoms with E-state index in [-0.39, 0.29) is 24.7 Å². The highest BCUT2D eigenvalue weighted by Crippen LogP contribution is 2.29. The van der Waals surface area contributed by atoms with Gasteiger partial charge in [0.1, 0.15) is 6.61 Å². The lowest BCUT2D eigenvalue weighted by atomic mass is 10.2. The Balaban J connectivity index is 2.21. The third kappa shape index (κ3) is 3.23. The first-order chi connectivity index (χ1) is 9.61. The molecule has 1 aromatic heterocycles. The van der Waals surface area contributed by atoms with Crippen LogP contribution in [0.2, 0.25) is 5.02 Å². The van der Waals surface area contributed by atoms with E-state index in [0.717, 1.165) is 0 Å². The van der Waals surface area contributed by atoms with Crippen LogP contribution in [0.15, 0.2) is 36.7 Å². The maximum absolute atomic E-state index is 11.0. The van der Waals surface area contributed by atoms with Crippen LogP contribution in [0.3, 0.4) is 0 Å². The number of benzene rings is 1. The zero-order valence-electron chi connectivity index (χ0n) is 10.3. The van der Waals surface area contributed by atoms with Gasteiger partial charge in [-0.3, -0.25) is 15.1 Å². The molecule has 0 radical (unpaired) electrons. The Hall–Kier alpha value is -2.18. The van der Waals surface area contributed by atoms with E-state index < -0.39 is 4.92 Å². The second kappa shape index (κ2) is 6.31. The van der Waals surface area contributed by atoms with Crippen molar-refractivity contribution in [3.8, 4) is 5.75 Å². The molecule has 0 fully saturated rings. The summed E-state index contributed by atoms with van der Waals surface area (Å²) in [6.07, 6.45) is 3.04. The van der Waals surface area contributed by atoms with E-state index in [2.05, 4.69) is 4.98 Å². The number of aliphatic hydroxyl groups is 1. The zero-order valence-corrected chi connectivity index (χ0v) is 11.1. The fourth-order valence-corrected chi connectivity index (χ4v) is 1.78. The van der Waals surface area contributed by atoms with Gasteiger partial charge in [-0.2, -0.15) is 0 Å². The number of ether oxygens (including phenoxy) is 1. The first-order valence-electron chi connectivity index (χ1n) is 5.71. The molecule has 0 spiro atoms. The monoisotopic (exact) mass is 294 g/mol. The van der Waals surface area contributed by atoms with Gasteiger partial charge in [0.25, 0.3) is 0 Å². The van der Waals surface area contributed by atoms with Gasteiger partial charge in [0, 0.05) is 24.0 Å². The molecule has 1 N–H and O–H groups in total. The van der Waals surface area contributed by atoms with Gasteiger partial charge in [-0.15, -0.1) is 0 Å². The number of nitro benzene ring substituents is 1. The smallest absolute Gasteiger partial charge is 0.311 e. The van der Waals surface area contributed by atoms with Crippen molar-refractivity contribution in [1.82, 2.24) is 4.98 Å². The van der Waals surface area contributed by atoms with Crippen molar-refractivity contribution < 1.29 is 14.8 Å². The lowest BCUT2D eigenvalue weighted by molar-refractivity contribution is -0.386. The molecule has 0 unspecified atom stereocenters. The highest BCUT2D eigenvalue weighted by atomic mass is 35.5. The largest absolute Gasteiger partial charge is 0.482 e. The molecule has 0 aliphatic rings. The first kappa shape index (κ1) is 14.2. The number of rotatable bonds is 5. The molecule has 0 saturated heterocycles. The fourth-order valence-electron chi connectivity index (χ4n) is 1.60. The topological polar surface area (TPSA) is 85.5 Å². The predicted molar refractivity (Wildman–Crippen MR) is 72.6 cm³/mol. The standard InChI is InChI=1S/C13H11ClN2O4/c14-11-6-15-4-3-10(11)8-20-13-2-1-9(7-17)5-12(13)16(18)19/h1-6,17H,7-8H2. The number of nitro groups is 1. The molecule has 0 aliphatic carbocycles. The number of hydrogen-bond acceptors (Lipinski definition) is 5. The van der Waals surface area contributed by atoms with Crippen LogP contribution in [0, 0.1) is 10.1 Å². The van der Waals surface area contributed by atoms with Gasteiger partial charge in [0.15, 0.2) is 5.75 Å². The van der Waals surface area contributed by atoms with Gasteiger partial charge < -0.3 is 9.84 Å². The number of pyridine rings is 1.